The maximum atomic E-state index is 7.82. The molecule has 7 heteroatoms. The Morgan fingerprint density at radius 2 is 0.850 bits per heavy atom. The molecule has 60 heavy (non-hydrogen) atoms. The van der Waals surface area contributed by atoms with E-state index in [0.717, 1.165) is 44.4 Å². The van der Waals surface area contributed by atoms with Crippen molar-refractivity contribution in [1.82, 2.24) is 0 Å². The molecule has 2 fully saturated rings. The lowest BCUT2D eigenvalue weighted by Crippen LogP contribution is -2.53. The van der Waals surface area contributed by atoms with Gasteiger partial charge >= 0.3 is 8.60 Å². The summed E-state index contributed by atoms with van der Waals surface area (Å²) >= 11 is 0. The van der Waals surface area contributed by atoms with Gasteiger partial charge in [0.2, 0.25) is 0 Å². The summed E-state index contributed by atoms with van der Waals surface area (Å²) in [5, 5.41) is 3.59. The Morgan fingerprint density at radius 3 is 1.20 bits per heavy atom. The molecule has 0 bridgehead atoms. The summed E-state index contributed by atoms with van der Waals surface area (Å²) in [6, 6.07) is 67.5. The molecule has 0 aliphatic carbocycles. The van der Waals surface area contributed by atoms with E-state index in [1.165, 1.54) is 10.6 Å². The van der Waals surface area contributed by atoms with Crippen LogP contribution in [0.3, 0.4) is 0 Å². The van der Waals surface area contributed by atoms with E-state index in [9.17, 15) is 0 Å². The lowest BCUT2D eigenvalue weighted by Gasteiger charge is -2.41. The van der Waals surface area contributed by atoms with Crippen LogP contribution in [-0.4, -0.2) is 18.0 Å². The second-order valence-corrected chi connectivity index (χ2v) is 19.4. The minimum atomic E-state index is -2.28. The van der Waals surface area contributed by atoms with Crippen LogP contribution < -0.4 is 20.4 Å². The number of hydrogen-bond acceptors (Lipinski definition) is 5. The molecule has 7 aromatic rings. The Bertz CT molecular complexity index is 2280. The molecular weight excluding hydrogens is 779 g/mol. The van der Waals surface area contributed by atoms with Gasteiger partial charge in [0.15, 0.2) is 17.0 Å². The van der Waals surface area contributed by atoms with Crippen LogP contribution in [0.15, 0.2) is 194 Å². The molecule has 0 aromatic heterocycles. The van der Waals surface area contributed by atoms with Gasteiger partial charge < -0.3 is 14.0 Å². The number of fused-ring (bicyclic) bond motifs is 1. The number of benzene rings is 7. The Balaban J connectivity index is 1.35. The van der Waals surface area contributed by atoms with Crippen molar-refractivity contribution in [1.29, 1.82) is 0 Å². The molecule has 2 heterocycles. The summed E-state index contributed by atoms with van der Waals surface area (Å²) in [6.07, 6.45) is -1.41. The minimum absolute atomic E-state index is 0.123. The van der Waals surface area contributed by atoms with Gasteiger partial charge in [0, 0.05) is 5.30 Å². The van der Waals surface area contributed by atoms with E-state index in [4.69, 9.17) is 23.0 Å². The number of hydrogen-bond donors (Lipinski definition) is 0. The molecule has 2 aliphatic rings. The molecule has 302 valence electrons. The zero-order chi connectivity index (χ0) is 41.3. The zero-order valence-corrected chi connectivity index (χ0v) is 36.4. The summed E-state index contributed by atoms with van der Waals surface area (Å²) in [7, 11) is -3.37. The van der Waals surface area contributed by atoms with E-state index in [-0.39, 0.29) is 5.92 Å². The maximum Gasteiger partial charge on any atom is 0.399 e. The number of aryl methyl sites for hydroxylation is 1. The van der Waals surface area contributed by atoms with Gasteiger partial charge in [-0.15, -0.1) is 0 Å². The second-order valence-electron chi connectivity index (χ2n) is 16.2. The van der Waals surface area contributed by atoms with E-state index in [0.29, 0.717) is 0 Å². The van der Waals surface area contributed by atoms with Crippen molar-refractivity contribution in [2.24, 2.45) is 0 Å². The fourth-order valence-corrected chi connectivity index (χ4v) is 13.0. The maximum absolute atomic E-state index is 7.82. The molecule has 0 spiro atoms. The summed E-state index contributed by atoms with van der Waals surface area (Å²) < 4.78 is 37.8. The summed E-state index contributed by atoms with van der Waals surface area (Å²) in [6.45, 7) is 10.6. The molecule has 2 saturated heterocycles. The molecule has 0 saturated carbocycles. The van der Waals surface area contributed by atoms with Crippen molar-refractivity contribution < 1.29 is 23.0 Å². The Labute approximate surface area is 357 Å². The van der Waals surface area contributed by atoms with Crippen LogP contribution in [0.2, 0.25) is 0 Å². The molecule has 2 atom stereocenters. The largest absolute Gasteiger partial charge is 0.426 e. The van der Waals surface area contributed by atoms with Gasteiger partial charge in [-0.25, -0.2) is 0 Å². The second kappa shape index (κ2) is 16.8. The fourth-order valence-electron chi connectivity index (χ4n) is 8.84. The highest BCUT2D eigenvalue weighted by Gasteiger charge is 2.67. The first-order valence-corrected chi connectivity index (χ1v) is 23.1. The molecule has 2 aliphatic heterocycles. The van der Waals surface area contributed by atoms with Gasteiger partial charge in [-0.3, -0.25) is 9.05 Å². The van der Waals surface area contributed by atoms with E-state index >= 15 is 0 Å². The first-order valence-electron chi connectivity index (χ1n) is 20.7. The summed E-state index contributed by atoms with van der Waals surface area (Å²) in [5.41, 5.74) is 3.37. The van der Waals surface area contributed by atoms with Crippen LogP contribution in [-0.2, 0) is 29.7 Å². The average molecular weight is 829 g/mol. The standard InChI is InChI=1S/C53H50O5P2/c1-38(2)46-37-36-39(3)48(59(44-32-20-10-21-33-44)45-34-22-11-23-35-45)47(46)56-60-57-52(40-24-12-6-13-25-40,41-26-14-7-15-27-41)49-50(55-51(4,5)54-49)53(58-60,42-28-16-8-17-29-42)43-30-18-9-19-31-43/h6-38,49-50H,1-5H3/t49-,50-/m1/s1. The molecule has 0 radical (unpaired) electrons. The summed E-state index contributed by atoms with van der Waals surface area (Å²) in [5.74, 6) is -0.0886. The molecule has 0 amide bonds. The number of ether oxygens (including phenoxy) is 2. The van der Waals surface area contributed by atoms with E-state index in [1.807, 2.05) is 38.1 Å². The van der Waals surface area contributed by atoms with Crippen molar-refractivity contribution in [2.75, 3.05) is 0 Å². The highest BCUT2D eigenvalue weighted by Crippen LogP contribution is 2.65. The Morgan fingerprint density at radius 1 is 0.500 bits per heavy atom. The molecule has 5 nitrogen and oxygen atoms in total. The van der Waals surface area contributed by atoms with Crippen molar-refractivity contribution in [3.63, 3.8) is 0 Å². The van der Waals surface area contributed by atoms with Crippen molar-refractivity contribution >= 4 is 32.4 Å². The van der Waals surface area contributed by atoms with Crippen LogP contribution in [0.1, 0.15) is 67.0 Å². The monoisotopic (exact) mass is 828 g/mol. The smallest absolute Gasteiger partial charge is 0.399 e. The van der Waals surface area contributed by atoms with E-state index in [2.05, 4.69) is 191 Å². The van der Waals surface area contributed by atoms with Crippen molar-refractivity contribution in [2.45, 2.75) is 69.7 Å². The van der Waals surface area contributed by atoms with Crippen LogP contribution in [0, 0.1) is 6.92 Å². The third kappa shape index (κ3) is 7.32. The van der Waals surface area contributed by atoms with Crippen LogP contribution in [0.5, 0.6) is 5.75 Å². The molecule has 0 N–H and O–H groups in total. The quantitative estimate of drug-likeness (QED) is 0.129. The lowest BCUT2D eigenvalue weighted by molar-refractivity contribution is -0.175. The molecule has 0 unspecified atom stereocenters. The Kier molecular flexibility index (Phi) is 11.3. The van der Waals surface area contributed by atoms with Gasteiger partial charge in [0.1, 0.15) is 18.0 Å². The minimum Gasteiger partial charge on any atom is -0.426 e. The van der Waals surface area contributed by atoms with E-state index < -0.39 is 45.7 Å². The predicted octanol–water partition coefficient (Wildman–Crippen LogP) is 11.9. The molecular formula is C53H50O5P2. The molecule has 9 rings (SSSR count). The number of rotatable bonds is 10. The lowest BCUT2D eigenvalue weighted by atomic mass is 9.72. The van der Waals surface area contributed by atoms with Crippen LogP contribution in [0.4, 0.5) is 0 Å². The van der Waals surface area contributed by atoms with Gasteiger partial charge in [-0.05, 0) is 78.6 Å². The SMILES string of the molecule is Cc1ccc(C(C)C)c(OP2OC(c3ccccc3)(c3ccccc3)[C@@H]3OC(C)(C)O[C@H]3C(c3ccccc3)(c3ccccc3)O2)c1P(c1ccccc1)c1ccccc1. The third-order valence-corrected chi connectivity index (χ3v) is 15.4. The van der Waals surface area contributed by atoms with Crippen LogP contribution in [0.25, 0.3) is 0 Å². The first-order chi connectivity index (χ1) is 29.2. The fraction of sp³-hybridized carbons (Fsp3) is 0.208. The topological polar surface area (TPSA) is 46.2 Å². The predicted molar refractivity (Wildman–Crippen MR) is 245 cm³/mol. The average Bonchev–Trinajstić information content (AvgIpc) is 3.57. The van der Waals surface area contributed by atoms with Crippen molar-refractivity contribution in [3.8, 4) is 5.75 Å². The zero-order valence-electron chi connectivity index (χ0n) is 34.6. The third-order valence-electron chi connectivity index (χ3n) is 11.5. The highest BCUT2D eigenvalue weighted by atomic mass is 31.2. The van der Waals surface area contributed by atoms with Gasteiger partial charge in [-0.1, -0.05) is 208 Å². The Hall–Kier alpha value is -4.96. The van der Waals surface area contributed by atoms with Gasteiger partial charge in [0.25, 0.3) is 0 Å². The normalized spacial score (nSPS) is 19.4. The van der Waals surface area contributed by atoms with Crippen LogP contribution >= 0.6 is 16.5 Å². The van der Waals surface area contributed by atoms with E-state index in [1.54, 1.807) is 0 Å². The van der Waals surface area contributed by atoms with Crippen molar-refractivity contribution in [3.05, 3.63) is 228 Å². The summed E-state index contributed by atoms with van der Waals surface area (Å²) in [4.78, 5) is 0. The van der Waals surface area contributed by atoms with Gasteiger partial charge in [0.05, 0.1) is 0 Å². The van der Waals surface area contributed by atoms with Gasteiger partial charge in [-0.2, -0.15) is 0 Å². The first kappa shape index (κ1) is 40.4. The molecule has 7 aromatic carbocycles. The highest BCUT2D eigenvalue weighted by molar-refractivity contribution is 7.80.